The molecular weight excluding hydrogens is 242 g/mol. The average molecular weight is 255 g/mol. The molecule has 6 heteroatoms. The zero-order valence-corrected chi connectivity index (χ0v) is 10.1. The van der Waals surface area contributed by atoms with E-state index >= 15 is 0 Å². The van der Waals surface area contributed by atoms with Crippen molar-refractivity contribution in [2.24, 2.45) is 0 Å². The molecule has 0 unspecified atom stereocenters. The number of carbonyl (C=O) groups is 1. The monoisotopic (exact) mass is 254 g/mol. The van der Waals surface area contributed by atoms with Crippen LogP contribution >= 0.6 is 11.6 Å². The van der Waals surface area contributed by atoms with Crippen LogP contribution < -0.4 is 10.0 Å². The van der Waals surface area contributed by atoms with Gasteiger partial charge in [0, 0.05) is 13.1 Å². The number of halogens is 1. The highest BCUT2D eigenvalue weighted by molar-refractivity contribution is 6.33. The maximum atomic E-state index is 10.8. The third-order valence-electron chi connectivity index (χ3n) is 2.81. The topological polar surface area (TPSA) is 69.2 Å². The summed E-state index contributed by atoms with van der Waals surface area (Å²) >= 11 is 5.70. The standard InChI is InChI=1S/C11H14ClN3O2/c12-8-7-13-11(14-9(8)10(16)17)15-5-3-1-2-4-6-15/h7H,1-6H2,(H,16,17)/p-1. The summed E-state index contributed by atoms with van der Waals surface area (Å²) in [7, 11) is 0. The molecule has 0 amide bonds. The maximum absolute atomic E-state index is 10.8. The number of carbonyl (C=O) groups excluding carboxylic acids is 1. The Morgan fingerprint density at radius 2 is 1.94 bits per heavy atom. The van der Waals surface area contributed by atoms with Crippen LogP contribution in [-0.4, -0.2) is 29.0 Å². The smallest absolute Gasteiger partial charge is 0.225 e. The van der Waals surface area contributed by atoms with E-state index in [-0.39, 0.29) is 10.7 Å². The van der Waals surface area contributed by atoms with Crippen LogP contribution in [0, 0.1) is 0 Å². The highest BCUT2D eigenvalue weighted by Gasteiger charge is 2.14. The van der Waals surface area contributed by atoms with Crippen molar-refractivity contribution in [2.45, 2.75) is 25.7 Å². The summed E-state index contributed by atoms with van der Waals surface area (Å²) in [6, 6.07) is 0. The number of anilines is 1. The van der Waals surface area contributed by atoms with Gasteiger partial charge in [0.2, 0.25) is 5.95 Å². The van der Waals surface area contributed by atoms with E-state index in [4.69, 9.17) is 11.6 Å². The van der Waals surface area contributed by atoms with E-state index in [1.165, 1.54) is 19.0 Å². The molecule has 0 spiro atoms. The van der Waals surface area contributed by atoms with Gasteiger partial charge in [-0.25, -0.2) is 9.97 Å². The summed E-state index contributed by atoms with van der Waals surface area (Å²) in [5.41, 5.74) is -0.235. The van der Waals surface area contributed by atoms with Crippen LogP contribution in [0.4, 0.5) is 5.95 Å². The number of aromatic nitrogens is 2. The quantitative estimate of drug-likeness (QED) is 0.783. The number of nitrogens with zero attached hydrogens (tertiary/aromatic N) is 3. The Kier molecular flexibility index (Phi) is 3.78. The normalized spacial score (nSPS) is 16.6. The molecule has 1 aliphatic heterocycles. The van der Waals surface area contributed by atoms with Crippen LogP contribution in [0.5, 0.6) is 0 Å². The second-order valence-electron chi connectivity index (χ2n) is 4.06. The lowest BCUT2D eigenvalue weighted by atomic mass is 10.2. The molecule has 0 aliphatic carbocycles. The summed E-state index contributed by atoms with van der Waals surface area (Å²) in [6.45, 7) is 1.71. The molecule has 92 valence electrons. The Balaban J connectivity index is 2.25. The number of hydrogen-bond acceptors (Lipinski definition) is 5. The molecule has 1 fully saturated rings. The van der Waals surface area contributed by atoms with Gasteiger partial charge in [-0.3, -0.25) is 0 Å². The van der Waals surface area contributed by atoms with E-state index in [9.17, 15) is 9.90 Å². The van der Waals surface area contributed by atoms with Crippen molar-refractivity contribution in [1.29, 1.82) is 0 Å². The highest BCUT2D eigenvalue weighted by atomic mass is 35.5. The van der Waals surface area contributed by atoms with Gasteiger partial charge in [0.25, 0.3) is 0 Å². The Bertz CT molecular complexity index is 417. The summed E-state index contributed by atoms with van der Waals surface area (Å²) in [4.78, 5) is 20.9. The Morgan fingerprint density at radius 1 is 1.29 bits per heavy atom. The minimum Gasteiger partial charge on any atom is -0.543 e. The summed E-state index contributed by atoms with van der Waals surface area (Å²) < 4.78 is 0. The fraction of sp³-hybridized carbons (Fsp3) is 0.545. The lowest BCUT2D eigenvalue weighted by Crippen LogP contribution is -2.29. The first kappa shape index (κ1) is 12.1. The van der Waals surface area contributed by atoms with Crippen molar-refractivity contribution in [3.63, 3.8) is 0 Å². The van der Waals surface area contributed by atoms with Gasteiger partial charge in [-0.05, 0) is 12.8 Å². The molecule has 1 aliphatic rings. The van der Waals surface area contributed by atoms with Crippen LogP contribution in [0.25, 0.3) is 0 Å². The molecule has 0 aromatic carbocycles. The van der Waals surface area contributed by atoms with Gasteiger partial charge < -0.3 is 14.8 Å². The Labute approximate surface area is 104 Å². The van der Waals surface area contributed by atoms with Crippen LogP contribution in [0.1, 0.15) is 36.2 Å². The molecule has 1 aromatic rings. The van der Waals surface area contributed by atoms with Crippen LogP contribution in [0.3, 0.4) is 0 Å². The molecule has 0 saturated carbocycles. The van der Waals surface area contributed by atoms with E-state index in [0.717, 1.165) is 25.9 Å². The van der Waals surface area contributed by atoms with E-state index < -0.39 is 5.97 Å². The van der Waals surface area contributed by atoms with E-state index in [0.29, 0.717) is 5.95 Å². The third-order valence-corrected chi connectivity index (χ3v) is 3.09. The zero-order chi connectivity index (χ0) is 12.3. The second kappa shape index (κ2) is 5.31. The third kappa shape index (κ3) is 2.85. The Hall–Kier alpha value is -1.36. The van der Waals surface area contributed by atoms with Gasteiger partial charge in [-0.15, -0.1) is 0 Å². The van der Waals surface area contributed by atoms with Gasteiger partial charge in [0.1, 0.15) is 5.69 Å². The van der Waals surface area contributed by atoms with Crippen LogP contribution in [-0.2, 0) is 0 Å². The first-order valence-electron chi connectivity index (χ1n) is 5.67. The van der Waals surface area contributed by atoms with Crippen LogP contribution in [0.15, 0.2) is 6.20 Å². The molecule has 0 atom stereocenters. The van der Waals surface area contributed by atoms with Gasteiger partial charge >= 0.3 is 0 Å². The summed E-state index contributed by atoms with van der Waals surface area (Å²) in [6.07, 6.45) is 5.86. The first-order chi connectivity index (χ1) is 8.18. The molecule has 2 heterocycles. The van der Waals surface area contributed by atoms with Gasteiger partial charge in [-0.2, -0.15) is 0 Å². The molecule has 0 N–H and O–H groups in total. The predicted octanol–water partition coefficient (Wildman–Crippen LogP) is 0.874. The van der Waals surface area contributed by atoms with Crippen molar-refractivity contribution in [2.75, 3.05) is 18.0 Å². The van der Waals surface area contributed by atoms with Crippen molar-refractivity contribution in [1.82, 2.24) is 9.97 Å². The molecular formula is C11H13ClN3O2-. The Morgan fingerprint density at radius 3 is 2.53 bits per heavy atom. The maximum Gasteiger partial charge on any atom is 0.225 e. The van der Waals surface area contributed by atoms with Crippen molar-refractivity contribution in [3.8, 4) is 0 Å². The molecule has 1 saturated heterocycles. The van der Waals surface area contributed by atoms with Gasteiger partial charge in [0.15, 0.2) is 0 Å². The molecule has 0 bridgehead atoms. The predicted molar refractivity (Wildman–Crippen MR) is 62.1 cm³/mol. The number of rotatable bonds is 2. The van der Waals surface area contributed by atoms with E-state index in [2.05, 4.69) is 9.97 Å². The van der Waals surface area contributed by atoms with E-state index in [1.54, 1.807) is 0 Å². The first-order valence-corrected chi connectivity index (χ1v) is 6.05. The minimum absolute atomic E-state index is 0.0172. The average Bonchev–Trinajstić information content (AvgIpc) is 2.58. The lowest BCUT2D eigenvalue weighted by Gasteiger charge is -2.20. The minimum atomic E-state index is -1.37. The zero-order valence-electron chi connectivity index (χ0n) is 9.36. The van der Waals surface area contributed by atoms with Gasteiger partial charge in [-0.1, -0.05) is 24.4 Å². The van der Waals surface area contributed by atoms with Crippen molar-refractivity contribution in [3.05, 3.63) is 16.9 Å². The van der Waals surface area contributed by atoms with Crippen molar-refractivity contribution >= 4 is 23.5 Å². The lowest BCUT2D eigenvalue weighted by molar-refractivity contribution is -0.255. The number of carboxylic acid groups (broad SMARTS) is 1. The SMILES string of the molecule is O=C([O-])c1nc(N2CCCCCC2)ncc1Cl. The van der Waals surface area contributed by atoms with Gasteiger partial charge in [0.05, 0.1) is 17.2 Å². The number of carboxylic acids is 1. The highest BCUT2D eigenvalue weighted by Crippen LogP contribution is 2.19. The van der Waals surface area contributed by atoms with Crippen molar-refractivity contribution < 1.29 is 9.90 Å². The summed E-state index contributed by atoms with van der Waals surface area (Å²) in [5, 5.41) is 10.8. The molecule has 2 rings (SSSR count). The fourth-order valence-corrected chi connectivity index (χ4v) is 2.09. The van der Waals surface area contributed by atoms with E-state index in [1.807, 2.05) is 4.90 Å². The number of aromatic carboxylic acids is 1. The van der Waals surface area contributed by atoms with Crippen LogP contribution in [0.2, 0.25) is 5.02 Å². The largest absolute Gasteiger partial charge is 0.543 e. The summed E-state index contributed by atoms with van der Waals surface area (Å²) in [5.74, 6) is -0.941. The molecule has 5 nitrogen and oxygen atoms in total. The number of hydrogen-bond donors (Lipinski definition) is 0. The fourth-order valence-electron chi connectivity index (χ4n) is 1.92. The molecule has 0 radical (unpaired) electrons. The molecule has 1 aromatic heterocycles. The molecule has 17 heavy (non-hydrogen) atoms. The second-order valence-corrected chi connectivity index (χ2v) is 4.46.